The molecular formula is C14H21NO5S. The molecule has 0 aliphatic carbocycles. The van der Waals surface area contributed by atoms with Crippen LogP contribution in [-0.2, 0) is 10.0 Å². The van der Waals surface area contributed by atoms with E-state index < -0.39 is 15.6 Å². The van der Waals surface area contributed by atoms with E-state index in [1.165, 1.54) is 30.7 Å². The third-order valence-corrected chi connectivity index (χ3v) is 5.44. The quantitative estimate of drug-likeness (QED) is 0.855. The molecule has 1 aliphatic rings. The van der Waals surface area contributed by atoms with Gasteiger partial charge in [0.15, 0.2) is 11.5 Å². The summed E-state index contributed by atoms with van der Waals surface area (Å²) in [4.78, 5) is 0.138. The maximum atomic E-state index is 12.5. The lowest BCUT2D eigenvalue weighted by atomic mass is 9.92. The topological polar surface area (TPSA) is 76.1 Å². The summed E-state index contributed by atoms with van der Waals surface area (Å²) in [5, 5.41) is 10.1. The number of methoxy groups -OCH3 is 2. The number of rotatable bonds is 6. The molecule has 118 valence electrons. The van der Waals surface area contributed by atoms with Gasteiger partial charge >= 0.3 is 0 Å². The Morgan fingerprint density at radius 1 is 1.24 bits per heavy atom. The van der Waals surface area contributed by atoms with E-state index in [1.54, 1.807) is 6.07 Å². The molecule has 7 heteroatoms. The predicted octanol–water partition coefficient (Wildman–Crippen LogP) is 1.24. The molecule has 1 aromatic carbocycles. The summed E-state index contributed by atoms with van der Waals surface area (Å²) < 4.78 is 36.5. The van der Waals surface area contributed by atoms with E-state index in [2.05, 4.69) is 0 Å². The molecule has 0 unspecified atom stereocenters. The van der Waals surface area contributed by atoms with E-state index in [0.717, 1.165) is 6.42 Å². The summed E-state index contributed by atoms with van der Waals surface area (Å²) in [7, 11) is -0.663. The van der Waals surface area contributed by atoms with Crippen molar-refractivity contribution in [2.75, 3.05) is 27.3 Å². The first-order valence-electron chi connectivity index (χ1n) is 6.81. The van der Waals surface area contributed by atoms with E-state index >= 15 is 0 Å². The van der Waals surface area contributed by atoms with Gasteiger partial charge in [-0.25, -0.2) is 8.42 Å². The van der Waals surface area contributed by atoms with Crippen LogP contribution in [0.2, 0.25) is 0 Å². The Kier molecular flexibility index (Phi) is 4.46. The van der Waals surface area contributed by atoms with Crippen LogP contribution in [0, 0.1) is 0 Å². The molecule has 2 rings (SSSR count). The van der Waals surface area contributed by atoms with Crippen molar-refractivity contribution in [3.05, 3.63) is 18.2 Å². The van der Waals surface area contributed by atoms with Gasteiger partial charge in [-0.05, 0) is 18.6 Å². The Morgan fingerprint density at radius 3 is 2.38 bits per heavy atom. The second-order valence-electron chi connectivity index (χ2n) is 5.26. The smallest absolute Gasteiger partial charge is 0.243 e. The van der Waals surface area contributed by atoms with Gasteiger partial charge in [-0.1, -0.05) is 13.3 Å². The molecule has 1 saturated heterocycles. The fourth-order valence-electron chi connectivity index (χ4n) is 2.53. The summed E-state index contributed by atoms with van der Waals surface area (Å²) in [6.45, 7) is 2.23. The minimum atomic E-state index is -3.61. The van der Waals surface area contributed by atoms with Gasteiger partial charge in [-0.3, -0.25) is 0 Å². The molecule has 1 aliphatic heterocycles. The zero-order valence-corrected chi connectivity index (χ0v) is 13.3. The Morgan fingerprint density at radius 2 is 1.86 bits per heavy atom. The van der Waals surface area contributed by atoms with Crippen molar-refractivity contribution in [1.82, 2.24) is 4.31 Å². The maximum absolute atomic E-state index is 12.5. The maximum Gasteiger partial charge on any atom is 0.243 e. The van der Waals surface area contributed by atoms with Gasteiger partial charge in [0.1, 0.15) is 0 Å². The van der Waals surface area contributed by atoms with Crippen LogP contribution in [0.5, 0.6) is 11.5 Å². The molecular weight excluding hydrogens is 294 g/mol. The summed E-state index contributed by atoms with van der Waals surface area (Å²) in [6, 6.07) is 4.48. The van der Waals surface area contributed by atoms with E-state index in [9.17, 15) is 13.5 Å². The molecule has 0 amide bonds. The lowest BCUT2D eigenvalue weighted by Gasteiger charge is -2.45. The largest absolute Gasteiger partial charge is 0.493 e. The van der Waals surface area contributed by atoms with E-state index in [4.69, 9.17) is 9.47 Å². The monoisotopic (exact) mass is 315 g/mol. The van der Waals surface area contributed by atoms with Crippen molar-refractivity contribution in [3.8, 4) is 11.5 Å². The SMILES string of the molecule is CCCC1(O)CN(S(=O)(=O)c2ccc(OC)c(OC)c2)C1. The lowest BCUT2D eigenvalue weighted by molar-refractivity contribution is -0.0653. The van der Waals surface area contributed by atoms with Crippen LogP contribution in [0.15, 0.2) is 23.1 Å². The molecule has 0 spiro atoms. The normalized spacial score (nSPS) is 18.1. The van der Waals surface area contributed by atoms with Gasteiger partial charge < -0.3 is 14.6 Å². The average molecular weight is 315 g/mol. The van der Waals surface area contributed by atoms with E-state index in [-0.39, 0.29) is 18.0 Å². The molecule has 1 aromatic rings. The zero-order valence-electron chi connectivity index (χ0n) is 12.5. The van der Waals surface area contributed by atoms with Crippen molar-refractivity contribution < 1.29 is 23.0 Å². The van der Waals surface area contributed by atoms with Crippen molar-refractivity contribution in [2.24, 2.45) is 0 Å². The molecule has 0 saturated carbocycles. The van der Waals surface area contributed by atoms with Gasteiger partial charge in [-0.15, -0.1) is 0 Å². The third-order valence-electron chi connectivity index (χ3n) is 3.65. The van der Waals surface area contributed by atoms with Gasteiger partial charge in [0.2, 0.25) is 10.0 Å². The van der Waals surface area contributed by atoms with Crippen molar-refractivity contribution in [2.45, 2.75) is 30.3 Å². The van der Waals surface area contributed by atoms with E-state index in [0.29, 0.717) is 17.9 Å². The summed E-state index contributed by atoms with van der Waals surface area (Å²) in [6.07, 6.45) is 1.42. The molecule has 0 atom stereocenters. The van der Waals surface area contributed by atoms with Crippen LogP contribution >= 0.6 is 0 Å². The number of benzene rings is 1. The number of hydrogen-bond acceptors (Lipinski definition) is 5. The fourth-order valence-corrected chi connectivity index (χ4v) is 4.14. The first kappa shape index (κ1) is 16.1. The number of β-amino-alcohol motifs (C(OH)–C–C–N with tert-alkyl or cyclic N) is 1. The van der Waals surface area contributed by atoms with Gasteiger partial charge in [0.05, 0.1) is 24.7 Å². The number of nitrogens with zero attached hydrogens (tertiary/aromatic N) is 1. The van der Waals surface area contributed by atoms with Crippen LogP contribution in [0.3, 0.4) is 0 Å². The Hall–Kier alpha value is -1.31. The first-order valence-corrected chi connectivity index (χ1v) is 8.25. The van der Waals surface area contributed by atoms with Gasteiger partial charge in [0, 0.05) is 19.2 Å². The molecule has 0 aromatic heterocycles. The van der Waals surface area contributed by atoms with Crippen molar-refractivity contribution >= 4 is 10.0 Å². The van der Waals surface area contributed by atoms with Crippen molar-refractivity contribution in [3.63, 3.8) is 0 Å². The lowest BCUT2D eigenvalue weighted by Crippen LogP contribution is -2.63. The number of aliphatic hydroxyl groups is 1. The fraction of sp³-hybridized carbons (Fsp3) is 0.571. The molecule has 1 N–H and O–H groups in total. The van der Waals surface area contributed by atoms with Crippen molar-refractivity contribution in [1.29, 1.82) is 0 Å². The predicted molar refractivity (Wildman–Crippen MR) is 78.2 cm³/mol. The number of hydrogen-bond donors (Lipinski definition) is 1. The van der Waals surface area contributed by atoms with Crippen LogP contribution < -0.4 is 9.47 Å². The number of ether oxygens (including phenoxy) is 2. The molecule has 1 fully saturated rings. The molecule has 1 heterocycles. The van der Waals surface area contributed by atoms with E-state index in [1.807, 2.05) is 6.92 Å². The second kappa shape index (κ2) is 5.82. The van der Waals surface area contributed by atoms with Crippen LogP contribution in [-0.4, -0.2) is 50.7 Å². The highest BCUT2D eigenvalue weighted by atomic mass is 32.2. The molecule has 6 nitrogen and oxygen atoms in total. The number of sulfonamides is 1. The Balaban J connectivity index is 2.22. The first-order chi connectivity index (χ1) is 9.86. The minimum Gasteiger partial charge on any atom is -0.493 e. The minimum absolute atomic E-state index is 0.136. The molecule has 21 heavy (non-hydrogen) atoms. The van der Waals surface area contributed by atoms with Crippen LogP contribution in [0.4, 0.5) is 0 Å². The standard InChI is InChI=1S/C14H21NO5S/c1-4-7-14(16)9-15(10-14)21(17,18)11-5-6-12(19-2)13(8-11)20-3/h5-6,8,16H,4,7,9-10H2,1-3H3. The highest BCUT2D eigenvalue weighted by Gasteiger charge is 2.46. The van der Waals surface area contributed by atoms with Crippen LogP contribution in [0.1, 0.15) is 19.8 Å². The van der Waals surface area contributed by atoms with Gasteiger partial charge in [0.25, 0.3) is 0 Å². The highest BCUT2D eigenvalue weighted by Crippen LogP contribution is 2.34. The highest BCUT2D eigenvalue weighted by molar-refractivity contribution is 7.89. The summed E-state index contributed by atoms with van der Waals surface area (Å²) in [5.41, 5.74) is -0.890. The summed E-state index contributed by atoms with van der Waals surface area (Å²) >= 11 is 0. The Bertz CT molecular complexity index is 608. The van der Waals surface area contributed by atoms with Crippen LogP contribution in [0.25, 0.3) is 0 Å². The molecule has 0 radical (unpaired) electrons. The third kappa shape index (κ3) is 3.00. The molecule has 0 bridgehead atoms. The van der Waals surface area contributed by atoms with Gasteiger partial charge in [-0.2, -0.15) is 4.31 Å². The average Bonchev–Trinajstić information content (AvgIpc) is 2.43. The zero-order chi connectivity index (χ0) is 15.7. The second-order valence-corrected chi connectivity index (χ2v) is 7.20. The Labute approximate surface area is 125 Å². The summed E-state index contributed by atoms with van der Waals surface area (Å²) in [5.74, 6) is 0.838.